The SMILES string of the molecule is C/C=C/CC(C)C(=O)c1c(O)c(OC)c(OC)n(Cc2ccc(OC)cc2OC)c1=O. The summed E-state index contributed by atoms with van der Waals surface area (Å²) in [6.07, 6.45) is 4.10. The monoisotopic (exact) mass is 431 g/mol. The summed E-state index contributed by atoms with van der Waals surface area (Å²) in [4.78, 5) is 26.4. The fraction of sp³-hybridized carbons (Fsp3) is 0.391. The first-order valence-electron chi connectivity index (χ1n) is 9.78. The lowest BCUT2D eigenvalue weighted by atomic mass is 9.96. The van der Waals surface area contributed by atoms with Crippen LogP contribution in [0.25, 0.3) is 0 Å². The number of pyridine rings is 1. The number of aromatic nitrogens is 1. The van der Waals surface area contributed by atoms with Gasteiger partial charge in [0, 0.05) is 17.5 Å². The molecule has 0 aliphatic heterocycles. The average Bonchev–Trinajstić information content (AvgIpc) is 2.78. The maximum absolute atomic E-state index is 13.3. The van der Waals surface area contributed by atoms with E-state index in [1.54, 1.807) is 32.2 Å². The molecule has 0 spiro atoms. The topological polar surface area (TPSA) is 96.2 Å². The predicted octanol–water partition coefficient (Wildman–Crippen LogP) is 3.42. The Morgan fingerprint density at radius 1 is 1.13 bits per heavy atom. The zero-order chi connectivity index (χ0) is 23.1. The van der Waals surface area contributed by atoms with Crippen LogP contribution < -0.4 is 24.5 Å². The Hall–Kier alpha value is -3.42. The highest BCUT2D eigenvalue weighted by Gasteiger charge is 2.30. The van der Waals surface area contributed by atoms with Gasteiger partial charge >= 0.3 is 0 Å². The molecule has 1 N–H and O–H groups in total. The zero-order valence-electron chi connectivity index (χ0n) is 18.7. The molecule has 0 bridgehead atoms. The van der Waals surface area contributed by atoms with Crippen LogP contribution >= 0.6 is 0 Å². The lowest BCUT2D eigenvalue weighted by Crippen LogP contribution is -2.30. The predicted molar refractivity (Wildman–Crippen MR) is 117 cm³/mol. The Kier molecular flexibility index (Phi) is 8.13. The van der Waals surface area contributed by atoms with E-state index < -0.39 is 23.0 Å². The summed E-state index contributed by atoms with van der Waals surface area (Å²) in [7, 11) is 5.74. The summed E-state index contributed by atoms with van der Waals surface area (Å²) >= 11 is 0. The van der Waals surface area contributed by atoms with Gasteiger partial charge in [0.15, 0.2) is 11.5 Å². The first-order chi connectivity index (χ1) is 14.8. The minimum absolute atomic E-state index is 0.000489. The molecule has 1 unspecified atom stereocenters. The summed E-state index contributed by atoms with van der Waals surface area (Å²) in [6.45, 7) is 3.57. The van der Waals surface area contributed by atoms with Gasteiger partial charge in [0.05, 0.1) is 35.0 Å². The highest BCUT2D eigenvalue weighted by Crippen LogP contribution is 2.39. The number of methoxy groups -OCH3 is 4. The van der Waals surface area contributed by atoms with Crippen molar-refractivity contribution in [1.29, 1.82) is 0 Å². The number of ether oxygens (including phenoxy) is 4. The molecule has 0 fully saturated rings. The molecule has 8 nitrogen and oxygen atoms in total. The van der Waals surface area contributed by atoms with Gasteiger partial charge in [0.2, 0.25) is 11.6 Å². The van der Waals surface area contributed by atoms with Gasteiger partial charge in [-0.1, -0.05) is 19.1 Å². The van der Waals surface area contributed by atoms with Crippen molar-refractivity contribution < 1.29 is 28.8 Å². The third kappa shape index (κ3) is 4.84. The second-order valence-electron chi connectivity index (χ2n) is 6.91. The van der Waals surface area contributed by atoms with Gasteiger partial charge in [-0.05, 0) is 25.5 Å². The number of rotatable bonds is 10. The molecule has 8 heteroatoms. The molecule has 0 aliphatic carbocycles. The van der Waals surface area contributed by atoms with Crippen LogP contribution in [0, 0.1) is 5.92 Å². The van der Waals surface area contributed by atoms with Crippen molar-refractivity contribution in [2.75, 3.05) is 28.4 Å². The van der Waals surface area contributed by atoms with E-state index >= 15 is 0 Å². The molecule has 0 saturated carbocycles. The number of benzene rings is 1. The number of hydrogen-bond acceptors (Lipinski definition) is 7. The number of ketones is 1. The fourth-order valence-corrected chi connectivity index (χ4v) is 3.26. The first-order valence-corrected chi connectivity index (χ1v) is 9.78. The number of nitrogens with zero attached hydrogens (tertiary/aromatic N) is 1. The van der Waals surface area contributed by atoms with Crippen LogP contribution in [0.3, 0.4) is 0 Å². The van der Waals surface area contributed by atoms with E-state index in [0.29, 0.717) is 23.5 Å². The Labute approximate surface area is 181 Å². The van der Waals surface area contributed by atoms with Crippen molar-refractivity contribution >= 4 is 5.78 Å². The average molecular weight is 431 g/mol. The smallest absolute Gasteiger partial charge is 0.268 e. The quantitative estimate of drug-likeness (QED) is 0.455. The second kappa shape index (κ2) is 10.6. The molecule has 2 rings (SSSR count). The van der Waals surface area contributed by atoms with E-state index in [-0.39, 0.29) is 23.7 Å². The summed E-state index contributed by atoms with van der Waals surface area (Å²) in [5, 5.41) is 10.7. The Balaban J connectivity index is 2.70. The van der Waals surface area contributed by atoms with Gasteiger partial charge in [0.1, 0.15) is 17.1 Å². The van der Waals surface area contributed by atoms with Crippen LogP contribution in [0.15, 0.2) is 35.1 Å². The Morgan fingerprint density at radius 3 is 2.39 bits per heavy atom. The molecule has 0 amide bonds. The van der Waals surface area contributed by atoms with Crippen LogP contribution in [0.1, 0.15) is 36.2 Å². The molecule has 1 aromatic carbocycles. The van der Waals surface area contributed by atoms with E-state index in [1.165, 1.54) is 25.9 Å². The molecule has 2 aromatic rings. The summed E-state index contributed by atoms with van der Waals surface area (Å²) < 4.78 is 22.5. The van der Waals surface area contributed by atoms with Gasteiger partial charge in [-0.3, -0.25) is 14.2 Å². The maximum Gasteiger partial charge on any atom is 0.268 e. The van der Waals surface area contributed by atoms with Crippen molar-refractivity contribution in [3.8, 4) is 28.9 Å². The van der Waals surface area contributed by atoms with Crippen LogP contribution in [-0.2, 0) is 6.54 Å². The minimum Gasteiger partial charge on any atom is -0.503 e. The van der Waals surface area contributed by atoms with E-state index in [4.69, 9.17) is 18.9 Å². The number of aromatic hydroxyl groups is 1. The number of Topliss-reactive ketones (excluding diaryl/α,β-unsaturated/α-hetero) is 1. The van der Waals surface area contributed by atoms with E-state index in [0.717, 1.165) is 0 Å². The Morgan fingerprint density at radius 2 is 1.84 bits per heavy atom. The van der Waals surface area contributed by atoms with Crippen molar-refractivity contribution in [1.82, 2.24) is 4.57 Å². The lowest BCUT2D eigenvalue weighted by Gasteiger charge is -2.20. The third-order valence-electron chi connectivity index (χ3n) is 4.99. The van der Waals surface area contributed by atoms with E-state index in [9.17, 15) is 14.7 Å². The van der Waals surface area contributed by atoms with Gasteiger partial charge in [0.25, 0.3) is 5.56 Å². The number of allylic oxidation sites excluding steroid dienone is 2. The molecule has 0 saturated heterocycles. The largest absolute Gasteiger partial charge is 0.503 e. The molecular weight excluding hydrogens is 402 g/mol. The van der Waals surface area contributed by atoms with Gasteiger partial charge in [-0.25, -0.2) is 0 Å². The fourth-order valence-electron chi connectivity index (χ4n) is 3.26. The van der Waals surface area contributed by atoms with Crippen molar-refractivity contribution in [3.05, 3.63) is 51.8 Å². The molecule has 0 radical (unpaired) electrons. The van der Waals surface area contributed by atoms with Crippen molar-refractivity contribution in [3.63, 3.8) is 0 Å². The Bertz CT molecular complexity index is 1020. The normalized spacial score (nSPS) is 11.9. The summed E-state index contributed by atoms with van der Waals surface area (Å²) in [5.74, 6) is -0.503. The highest BCUT2D eigenvalue weighted by atomic mass is 16.5. The molecule has 0 aliphatic rings. The van der Waals surface area contributed by atoms with Crippen LogP contribution in [0.2, 0.25) is 0 Å². The van der Waals surface area contributed by atoms with Gasteiger partial charge in [-0.15, -0.1) is 0 Å². The maximum atomic E-state index is 13.3. The molecular formula is C23H29NO7. The number of carbonyl (C=O) groups excluding carboxylic acids is 1. The van der Waals surface area contributed by atoms with E-state index in [1.807, 2.05) is 19.1 Å². The van der Waals surface area contributed by atoms with Crippen LogP contribution in [0.5, 0.6) is 28.9 Å². The standard InChI is InChI=1S/C23H29NO7/c1-7-8-9-14(2)19(25)18-20(26)21(30-5)23(31-6)24(22(18)27)13-15-10-11-16(28-3)12-17(15)29-4/h7-8,10-12,14,26H,9,13H2,1-6H3/b8-7+. The highest BCUT2D eigenvalue weighted by molar-refractivity contribution is 6.00. The van der Waals surface area contributed by atoms with Crippen LogP contribution in [-0.4, -0.2) is 43.9 Å². The first kappa shape index (κ1) is 23.9. The van der Waals surface area contributed by atoms with Crippen LogP contribution in [0.4, 0.5) is 0 Å². The molecule has 31 heavy (non-hydrogen) atoms. The van der Waals surface area contributed by atoms with Gasteiger partial charge in [-0.2, -0.15) is 0 Å². The number of hydrogen-bond donors (Lipinski definition) is 1. The second-order valence-corrected chi connectivity index (χ2v) is 6.91. The third-order valence-corrected chi connectivity index (χ3v) is 4.99. The summed E-state index contributed by atoms with van der Waals surface area (Å²) in [6, 6.07) is 5.17. The molecule has 168 valence electrons. The lowest BCUT2D eigenvalue weighted by molar-refractivity contribution is 0.0924. The van der Waals surface area contributed by atoms with Crippen molar-refractivity contribution in [2.24, 2.45) is 5.92 Å². The van der Waals surface area contributed by atoms with Gasteiger partial charge < -0.3 is 24.1 Å². The van der Waals surface area contributed by atoms with E-state index in [2.05, 4.69) is 0 Å². The summed E-state index contributed by atoms with van der Waals surface area (Å²) in [5.41, 5.74) is -0.357. The molecule has 1 aromatic heterocycles. The molecule has 1 atom stereocenters. The zero-order valence-corrected chi connectivity index (χ0v) is 18.7. The number of carbonyl (C=O) groups is 1. The minimum atomic E-state index is -0.676. The molecule has 1 heterocycles. The van der Waals surface area contributed by atoms with Crippen molar-refractivity contribution in [2.45, 2.75) is 26.8 Å².